The van der Waals surface area contributed by atoms with Gasteiger partial charge in [0.25, 0.3) is 0 Å². The molecule has 0 amide bonds. The van der Waals surface area contributed by atoms with E-state index in [0.29, 0.717) is 17.1 Å². The van der Waals surface area contributed by atoms with Crippen LogP contribution in [-0.4, -0.2) is 10.2 Å². The Morgan fingerprint density at radius 1 is 1.17 bits per heavy atom. The molecule has 0 saturated heterocycles. The van der Waals surface area contributed by atoms with Crippen molar-refractivity contribution in [1.29, 1.82) is 0 Å². The van der Waals surface area contributed by atoms with Gasteiger partial charge in [-0.3, -0.25) is 0 Å². The molecular formula is C14H12ClNOS. The summed E-state index contributed by atoms with van der Waals surface area (Å²) in [6.45, 7) is 0. The molecule has 0 fully saturated rings. The Kier molecular flexibility index (Phi) is 3.84. The third-order valence-electron chi connectivity index (χ3n) is 2.69. The molecule has 0 saturated carbocycles. The highest BCUT2D eigenvalue weighted by Crippen LogP contribution is 2.27. The highest BCUT2D eigenvalue weighted by molar-refractivity contribution is 7.80. The normalized spacial score (nSPS) is 10.3. The minimum absolute atomic E-state index is 0.122. The van der Waals surface area contributed by atoms with E-state index in [1.165, 1.54) is 0 Å². The van der Waals surface area contributed by atoms with E-state index in [9.17, 15) is 5.11 Å². The van der Waals surface area contributed by atoms with Crippen molar-refractivity contribution < 1.29 is 5.11 Å². The molecule has 0 aliphatic carbocycles. The van der Waals surface area contributed by atoms with E-state index in [1.807, 2.05) is 36.4 Å². The third kappa shape index (κ3) is 2.63. The fraction of sp³-hybridized carbons (Fsp3) is 0.0714. The van der Waals surface area contributed by atoms with Crippen molar-refractivity contribution >= 4 is 34.6 Å². The van der Waals surface area contributed by atoms with E-state index in [2.05, 4.69) is 0 Å². The number of hydrogen-bond acceptors (Lipinski definition) is 2. The average Bonchev–Trinajstić information content (AvgIpc) is 2.38. The maximum Gasteiger partial charge on any atom is 0.189 e. The zero-order valence-corrected chi connectivity index (χ0v) is 11.1. The first-order valence-electron chi connectivity index (χ1n) is 5.40. The summed E-state index contributed by atoms with van der Waals surface area (Å²) in [5.41, 5.74) is 9.77. The van der Waals surface area contributed by atoms with E-state index in [-0.39, 0.29) is 5.05 Å². The van der Waals surface area contributed by atoms with E-state index < -0.39 is 0 Å². The number of halogens is 1. The lowest BCUT2D eigenvalue weighted by atomic mass is 9.98. The molecule has 3 N–H and O–H groups in total. The fourth-order valence-corrected chi connectivity index (χ4v) is 2.11. The van der Waals surface area contributed by atoms with Gasteiger partial charge in [0.15, 0.2) is 5.05 Å². The molecule has 0 spiro atoms. The largest absolute Gasteiger partial charge is 0.499 e. The average molecular weight is 278 g/mol. The monoisotopic (exact) mass is 277 g/mol. The topological polar surface area (TPSA) is 46.2 Å². The first-order valence-corrected chi connectivity index (χ1v) is 6.34. The van der Waals surface area contributed by atoms with E-state index in [4.69, 9.17) is 29.6 Å². The van der Waals surface area contributed by atoms with E-state index >= 15 is 0 Å². The molecule has 0 aliphatic rings. The number of benzene rings is 2. The second-order valence-electron chi connectivity index (χ2n) is 3.94. The molecule has 2 aromatic rings. The number of nitrogen functional groups attached to an aromatic ring is 1. The van der Waals surface area contributed by atoms with Crippen molar-refractivity contribution in [2.45, 2.75) is 5.88 Å². The lowest BCUT2D eigenvalue weighted by Crippen LogP contribution is -1.99. The van der Waals surface area contributed by atoms with Crippen molar-refractivity contribution in [1.82, 2.24) is 0 Å². The summed E-state index contributed by atoms with van der Waals surface area (Å²) in [7, 11) is 0. The molecule has 4 heteroatoms. The minimum Gasteiger partial charge on any atom is -0.499 e. The van der Waals surface area contributed by atoms with Crippen LogP contribution in [0.5, 0.6) is 0 Å². The van der Waals surface area contributed by atoms with Crippen LogP contribution in [0.3, 0.4) is 0 Å². The molecule has 0 radical (unpaired) electrons. The van der Waals surface area contributed by atoms with Crippen molar-refractivity contribution in [3.8, 4) is 11.1 Å². The molecular weight excluding hydrogens is 266 g/mol. The van der Waals surface area contributed by atoms with Crippen LogP contribution in [0.4, 0.5) is 5.69 Å². The summed E-state index contributed by atoms with van der Waals surface area (Å²) in [4.78, 5) is 0. The standard InChI is InChI=1S/C14H12ClNOS/c15-8-9-1-6-12(14(17)18)13(7-9)10-2-4-11(16)5-3-10/h1-7H,8,16H2,(H,17,18). The summed E-state index contributed by atoms with van der Waals surface area (Å²) < 4.78 is 0. The molecule has 92 valence electrons. The van der Waals surface area contributed by atoms with Crippen LogP contribution >= 0.6 is 23.8 Å². The number of hydrogen-bond donors (Lipinski definition) is 2. The van der Waals surface area contributed by atoms with Crippen LogP contribution in [0, 0.1) is 0 Å². The molecule has 2 rings (SSSR count). The van der Waals surface area contributed by atoms with Gasteiger partial charge in [-0.2, -0.15) is 0 Å². The van der Waals surface area contributed by atoms with E-state index in [1.54, 1.807) is 6.07 Å². The number of alkyl halides is 1. The van der Waals surface area contributed by atoms with Gasteiger partial charge in [-0.1, -0.05) is 18.2 Å². The van der Waals surface area contributed by atoms with Gasteiger partial charge in [0.1, 0.15) is 0 Å². The van der Waals surface area contributed by atoms with Crippen LogP contribution in [-0.2, 0) is 5.88 Å². The molecule has 0 aliphatic heterocycles. The van der Waals surface area contributed by atoms with Crippen LogP contribution in [0.15, 0.2) is 42.5 Å². The van der Waals surface area contributed by atoms with Gasteiger partial charge in [0.2, 0.25) is 0 Å². The van der Waals surface area contributed by atoms with E-state index in [0.717, 1.165) is 16.7 Å². The van der Waals surface area contributed by atoms with Crippen molar-refractivity contribution in [2.24, 2.45) is 0 Å². The van der Waals surface area contributed by atoms with Crippen LogP contribution in [0.25, 0.3) is 11.1 Å². The van der Waals surface area contributed by atoms with Gasteiger partial charge in [-0.25, -0.2) is 0 Å². The number of nitrogens with two attached hydrogens (primary N) is 1. The zero-order valence-electron chi connectivity index (χ0n) is 9.56. The second-order valence-corrected chi connectivity index (χ2v) is 4.59. The second kappa shape index (κ2) is 5.38. The molecule has 0 atom stereocenters. The Morgan fingerprint density at radius 3 is 2.39 bits per heavy atom. The highest BCUT2D eigenvalue weighted by atomic mass is 35.5. The van der Waals surface area contributed by atoms with Crippen LogP contribution in [0.2, 0.25) is 0 Å². The first-order chi connectivity index (χ1) is 8.61. The molecule has 2 aromatic carbocycles. The Balaban J connectivity index is 2.59. The Bertz CT molecular complexity index is 581. The molecule has 0 bridgehead atoms. The fourth-order valence-electron chi connectivity index (χ4n) is 1.76. The number of anilines is 1. The number of thiocarbonyl (C=S) groups is 1. The van der Waals surface area contributed by atoms with Crippen molar-refractivity contribution in [3.05, 3.63) is 53.6 Å². The Morgan fingerprint density at radius 2 is 1.83 bits per heavy atom. The maximum absolute atomic E-state index is 9.56. The zero-order chi connectivity index (χ0) is 13.1. The summed E-state index contributed by atoms with van der Waals surface area (Å²) in [6.07, 6.45) is 0. The van der Waals surface area contributed by atoms with Gasteiger partial charge in [0.05, 0.1) is 0 Å². The SMILES string of the molecule is Nc1ccc(-c2cc(CCl)ccc2C(O)=S)cc1. The molecule has 0 unspecified atom stereocenters. The van der Waals surface area contributed by atoms with Gasteiger partial charge < -0.3 is 10.8 Å². The predicted octanol–water partition coefficient (Wildman–Crippen LogP) is 3.91. The van der Waals surface area contributed by atoms with Crippen LogP contribution < -0.4 is 5.73 Å². The Hall–Kier alpha value is -1.58. The number of rotatable bonds is 3. The van der Waals surface area contributed by atoms with Crippen molar-refractivity contribution in [2.75, 3.05) is 5.73 Å². The Labute approximate surface area is 116 Å². The number of aliphatic hydroxyl groups is 1. The van der Waals surface area contributed by atoms with Gasteiger partial charge in [-0.05, 0) is 53.2 Å². The molecule has 18 heavy (non-hydrogen) atoms. The summed E-state index contributed by atoms with van der Waals surface area (Å²) in [6, 6.07) is 13.0. The van der Waals surface area contributed by atoms with Gasteiger partial charge in [-0.15, -0.1) is 11.6 Å². The lowest BCUT2D eigenvalue weighted by molar-refractivity contribution is 0.571. The van der Waals surface area contributed by atoms with Crippen molar-refractivity contribution in [3.63, 3.8) is 0 Å². The molecule has 2 nitrogen and oxygen atoms in total. The minimum atomic E-state index is -0.122. The third-order valence-corrected chi connectivity index (χ3v) is 3.22. The lowest BCUT2D eigenvalue weighted by Gasteiger charge is -2.10. The maximum atomic E-state index is 9.56. The van der Waals surface area contributed by atoms with Gasteiger partial charge in [0, 0.05) is 17.1 Å². The number of aliphatic hydroxyl groups excluding tert-OH is 1. The predicted molar refractivity (Wildman–Crippen MR) is 80.2 cm³/mol. The smallest absolute Gasteiger partial charge is 0.189 e. The van der Waals surface area contributed by atoms with Gasteiger partial charge >= 0.3 is 0 Å². The first kappa shape index (κ1) is 12.9. The summed E-state index contributed by atoms with van der Waals surface area (Å²) in [5.74, 6) is 0.417. The quantitative estimate of drug-likeness (QED) is 0.508. The summed E-state index contributed by atoms with van der Waals surface area (Å²) >= 11 is 10.7. The van der Waals surface area contributed by atoms with Crippen LogP contribution in [0.1, 0.15) is 11.1 Å². The molecule has 0 aromatic heterocycles. The highest BCUT2D eigenvalue weighted by Gasteiger charge is 2.09. The molecule has 0 heterocycles. The summed E-state index contributed by atoms with van der Waals surface area (Å²) in [5, 5.41) is 9.44.